The molecule has 1 amide bonds. The number of nitrogens with one attached hydrogen (secondary N) is 2. The lowest BCUT2D eigenvalue weighted by Gasteiger charge is -2.18. The second-order valence-corrected chi connectivity index (χ2v) is 7.38. The van der Waals surface area contributed by atoms with Crippen LogP contribution in [0.1, 0.15) is 31.1 Å². The topological polar surface area (TPSA) is 84.3 Å². The average molecular weight is 311 g/mol. The molecule has 21 heavy (non-hydrogen) atoms. The Labute approximate surface area is 128 Å². The van der Waals surface area contributed by atoms with Crippen molar-refractivity contribution in [2.24, 2.45) is 0 Å². The predicted molar refractivity (Wildman–Crippen MR) is 87.2 cm³/mol. The van der Waals surface area contributed by atoms with Crippen molar-refractivity contribution in [3.8, 4) is 0 Å². The molecule has 0 aliphatic heterocycles. The van der Waals surface area contributed by atoms with Crippen LogP contribution in [0.4, 0.5) is 11.4 Å². The molecule has 0 aliphatic carbocycles. The Morgan fingerprint density at radius 2 is 2.05 bits per heavy atom. The number of nitro groups is 1. The van der Waals surface area contributed by atoms with Crippen molar-refractivity contribution in [1.29, 1.82) is 0 Å². The van der Waals surface area contributed by atoms with Gasteiger partial charge >= 0.3 is 0 Å². The molecule has 1 aromatic rings. The Morgan fingerprint density at radius 3 is 2.57 bits per heavy atom. The molecule has 0 bridgehead atoms. The summed E-state index contributed by atoms with van der Waals surface area (Å²) in [5.74, 6) is 0.540. The number of carbonyl (C=O) groups excluding carboxylic acids is 1. The maximum Gasteiger partial charge on any atom is 0.270 e. The highest BCUT2D eigenvalue weighted by Crippen LogP contribution is 2.24. The van der Waals surface area contributed by atoms with Crippen LogP contribution in [0.3, 0.4) is 0 Å². The third kappa shape index (κ3) is 5.63. The highest BCUT2D eigenvalue weighted by atomic mass is 32.2. The van der Waals surface area contributed by atoms with Crippen LogP contribution < -0.4 is 10.6 Å². The number of nitrogens with zero attached hydrogens (tertiary/aromatic N) is 1. The van der Waals surface area contributed by atoms with Gasteiger partial charge in [-0.15, -0.1) is 0 Å². The fraction of sp³-hybridized carbons (Fsp3) is 0.500. The molecular weight excluding hydrogens is 290 g/mol. The molecule has 0 atom stereocenters. The highest BCUT2D eigenvalue weighted by Gasteiger charge is 2.16. The summed E-state index contributed by atoms with van der Waals surface area (Å²) in [7, 11) is 1.50. The van der Waals surface area contributed by atoms with Gasteiger partial charge in [0, 0.05) is 41.9 Å². The van der Waals surface area contributed by atoms with E-state index in [0.29, 0.717) is 12.2 Å². The molecule has 1 rings (SSSR count). The molecule has 2 N–H and O–H groups in total. The molecule has 7 heteroatoms. The second kappa shape index (κ2) is 7.31. The van der Waals surface area contributed by atoms with Crippen LogP contribution in [0.15, 0.2) is 18.2 Å². The number of amides is 1. The van der Waals surface area contributed by atoms with Gasteiger partial charge in [0.05, 0.1) is 10.5 Å². The standard InChI is InChI=1S/C14H21N3O3S/c1-14(2,3)21-8-7-16-12-6-5-10(17(19)20)9-11(12)13(18)15-4/h5-6,9,16H,7-8H2,1-4H3,(H,15,18). The van der Waals surface area contributed by atoms with E-state index in [-0.39, 0.29) is 21.9 Å². The zero-order valence-corrected chi connectivity index (χ0v) is 13.5. The Hall–Kier alpha value is -1.76. The summed E-state index contributed by atoms with van der Waals surface area (Å²) in [6, 6.07) is 4.26. The molecule has 0 unspecified atom stereocenters. The van der Waals surface area contributed by atoms with Crippen molar-refractivity contribution < 1.29 is 9.72 Å². The molecule has 0 fully saturated rings. The first-order chi connectivity index (χ1) is 9.74. The van der Waals surface area contributed by atoms with Gasteiger partial charge in [-0.1, -0.05) is 20.8 Å². The summed E-state index contributed by atoms with van der Waals surface area (Å²) in [5.41, 5.74) is 0.796. The SMILES string of the molecule is CNC(=O)c1cc([N+](=O)[O-])ccc1NCCSC(C)(C)C. The van der Waals surface area contributed by atoms with Crippen molar-refractivity contribution >= 4 is 29.0 Å². The lowest BCUT2D eigenvalue weighted by atomic mass is 10.1. The first kappa shape index (κ1) is 17.3. The van der Waals surface area contributed by atoms with Gasteiger partial charge in [0.2, 0.25) is 0 Å². The fourth-order valence-electron chi connectivity index (χ4n) is 1.67. The first-order valence-corrected chi connectivity index (χ1v) is 7.61. The molecule has 0 heterocycles. The van der Waals surface area contributed by atoms with Gasteiger partial charge in [0.25, 0.3) is 11.6 Å². The molecule has 1 aromatic carbocycles. The number of hydrogen-bond donors (Lipinski definition) is 2. The van der Waals surface area contributed by atoms with Crippen LogP contribution in [0.25, 0.3) is 0 Å². The van der Waals surface area contributed by atoms with E-state index in [9.17, 15) is 14.9 Å². The number of carbonyl (C=O) groups is 1. The molecular formula is C14H21N3O3S. The lowest BCUT2D eigenvalue weighted by Crippen LogP contribution is -2.21. The summed E-state index contributed by atoms with van der Waals surface area (Å²) in [6.45, 7) is 7.10. The van der Waals surface area contributed by atoms with E-state index in [1.807, 2.05) is 11.8 Å². The fourth-order valence-corrected chi connectivity index (χ4v) is 2.48. The number of hydrogen-bond acceptors (Lipinski definition) is 5. The molecule has 0 radical (unpaired) electrons. The normalized spacial score (nSPS) is 11.0. The van der Waals surface area contributed by atoms with E-state index in [1.54, 1.807) is 6.07 Å². The molecule has 0 aromatic heterocycles. The maximum absolute atomic E-state index is 11.8. The zero-order chi connectivity index (χ0) is 16.0. The van der Waals surface area contributed by atoms with Crippen LogP contribution in [0.5, 0.6) is 0 Å². The van der Waals surface area contributed by atoms with E-state index >= 15 is 0 Å². The van der Waals surface area contributed by atoms with Crippen LogP contribution in [0.2, 0.25) is 0 Å². The van der Waals surface area contributed by atoms with E-state index in [2.05, 4.69) is 31.4 Å². The van der Waals surface area contributed by atoms with Crippen LogP contribution in [-0.4, -0.2) is 34.9 Å². The third-order valence-corrected chi connectivity index (χ3v) is 3.91. The van der Waals surface area contributed by atoms with Gasteiger partial charge in [-0.25, -0.2) is 0 Å². The second-order valence-electron chi connectivity index (χ2n) is 5.45. The average Bonchev–Trinajstić information content (AvgIpc) is 2.41. The quantitative estimate of drug-likeness (QED) is 0.479. The summed E-state index contributed by atoms with van der Waals surface area (Å²) in [6.07, 6.45) is 0. The molecule has 0 saturated heterocycles. The summed E-state index contributed by atoms with van der Waals surface area (Å²) < 4.78 is 0.181. The van der Waals surface area contributed by atoms with Gasteiger partial charge in [0.1, 0.15) is 0 Å². The van der Waals surface area contributed by atoms with E-state index < -0.39 is 4.92 Å². The minimum atomic E-state index is -0.508. The minimum Gasteiger partial charge on any atom is -0.384 e. The number of benzene rings is 1. The van der Waals surface area contributed by atoms with Gasteiger partial charge in [-0.2, -0.15) is 11.8 Å². The molecule has 0 spiro atoms. The summed E-state index contributed by atoms with van der Waals surface area (Å²) >= 11 is 1.81. The van der Waals surface area contributed by atoms with Gasteiger partial charge < -0.3 is 10.6 Å². The minimum absolute atomic E-state index is 0.0942. The number of thioether (sulfide) groups is 1. The van der Waals surface area contributed by atoms with Crippen LogP contribution in [-0.2, 0) is 0 Å². The van der Waals surface area contributed by atoms with Gasteiger partial charge in [-0.3, -0.25) is 14.9 Å². The van der Waals surface area contributed by atoms with Crippen molar-refractivity contribution in [1.82, 2.24) is 5.32 Å². The van der Waals surface area contributed by atoms with Crippen molar-refractivity contribution in [2.75, 3.05) is 24.7 Å². The molecule has 0 saturated carbocycles. The number of nitro benzene ring substituents is 1. The first-order valence-electron chi connectivity index (χ1n) is 6.63. The van der Waals surface area contributed by atoms with E-state index in [1.165, 1.54) is 19.2 Å². The Bertz CT molecular complexity index is 527. The van der Waals surface area contributed by atoms with E-state index in [4.69, 9.17) is 0 Å². The largest absolute Gasteiger partial charge is 0.384 e. The molecule has 0 aliphatic rings. The molecule has 6 nitrogen and oxygen atoms in total. The van der Waals surface area contributed by atoms with Crippen molar-refractivity contribution in [3.63, 3.8) is 0 Å². The smallest absolute Gasteiger partial charge is 0.270 e. The Morgan fingerprint density at radius 1 is 1.38 bits per heavy atom. The highest BCUT2D eigenvalue weighted by molar-refractivity contribution is 8.00. The lowest BCUT2D eigenvalue weighted by molar-refractivity contribution is -0.384. The van der Waals surface area contributed by atoms with Crippen LogP contribution >= 0.6 is 11.8 Å². The Balaban J connectivity index is 2.81. The number of anilines is 1. The molecule has 116 valence electrons. The summed E-state index contributed by atoms with van der Waals surface area (Å²) in [5, 5.41) is 16.5. The zero-order valence-electron chi connectivity index (χ0n) is 12.7. The van der Waals surface area contributed by atoms with Crippen LogP contribution in [0, 0.1) is 10.1 Å². The maximum atomic E-state index is 11.8. The van der Waals surface area contributed by atoms with Gasteiger partial charge in [0.15, 0.2) is 0 Å². The Kier molecular flexibility index (Phi) is 6.02. The third-order valence-electron chi connectivity index (χ3n) is 2.64. The predicted octanol–water partition coefficient (Wildman–Crippen LogP) is 2.90. The summed E-state index contributed by atoms with van der Waals surface area (Å²) in [4.78, 5) is 22.1. The van der Waals surface area contributed by atoms with Gasteiger partial charge in [-0.05, 0) is 6.07 Å². The van der Waals surface area contributed by atoms with Crippen molar-refractivity contribution in [3.05, 3.63) is 33.9 Å². The number of non-ortho nitro benzene ring substituents is 1. The number of rotatable bonds is 6. The monoisotopic (exact) mass is 311 g/mol. The van der Waals surface area contributed by atoms with E-state index in [0.717, 1.165) is 5.75 Å². The van der Waals surface area contributed by atoms with Crippen molar-refractivity contribution in [2.45, 2.75) is 25.5 Å².